The van der Waals surface area contributed by atoms with E-state index >= 15 is 0 Å². The average Bonchev–Trinajstić information content (AvgIpc) is 2.56. The van der Waals surface area contributed by atoms with Crippen LogP contribution >= 0.6 is 24.8 Å². The van der Waals surface area contributed by atoms with Crippen molar-refractivity contribution in [2.24, 2.45) is 0 Å². The molecule has 2 heterocycles. The number of rotatable bonds is 3. The van der Waals surface area contributed by atoms with Gasteiger partial charge in [0.25, 0.3) is 0 Å². The predicted molar refractivity (Wildman–Crippen MR) is 96.5 cm³/mol. The summed E-state index contributed by atoms with van der Waals surface area (Å²) in [5.41, 5.74) is 1.30. The van der Waals surface area contributed by atoms with E-state index in [1.807, 2.05) is 12.1 Å². The molecule has 1 unspecified atom stereocenters. The third-order valence-corrected chi connectivity index (χ3v) is 4.37. The lowest BCUT2D eigenvalue weighted by Crippen LogP contribution is -2.55. The Morgan fingerprint density at radius 3 is 2.55 bits per heavy atom. The van der Waals surface area contributed by atoms with Gasteiger partial charge < -0.3 is 9.80 Å². The van der Waals surface area contributed by atoms with Crippen molar-refractivity contribution in [1.82, 2.24) is 14.9 Å². The molecule has 0 bridgehead atoms. The Balaban J connectivity index is 1.78. The average molecular weight is 330 g/mol. The van der Waals surface area contributed by atoms with Crippen molar-refractivity contribution in [2.75, 3.05) is 24.5 Å². The number of thiocarbonyl (C=S) groups is 1. The van der Waals surface area contributed by atoms with Crippen molar-refractivity contribution in [2.45, 2.75) is 12.5 Å². The highest BCUT2D eigenvalue weighted by molar-refractivity contribution is 8.10. The summed E-state index contributed by atoms with van der Waals surface area (Å²) in [6.07, 6.45) is 4.50. The first-order valence-corrected chi connectivity index (χ1v) is 8.15. The van der Waals surface area contributed by atoms with Gasteiger partial charge in [-0.25, -0.2) is 9.97 Å². The van der Waals surface area contributed by atoms with Crippen LogP contribution in [0.5, 0.6) is 0 Å². The number of hydrogen-bond acceptors (Lipinski definition) is 4. The van der Waals surface area contributed by atoms with Gasteiger partial charge in [0.2, 0.25) is 5.95 Å². The number of hydrogen-bond donors (Lipinski definition) is 1. The highest BCUT2D eigenvalue weighted by Crippen LogP contribution is 2.19. The van der Waals surface area contributed by atoms with Gasteiger partial charge in [-0.3, -0.25) is 0 Å². The zero-order chi connectivity index (χ0) is 15.4. The maximum Gasteiger partial charge on any atom is 0.225 e. The third-order valence-electron chi connectivity index (χ3n) is 3.88. The van der Waals surface area contributed by atoms with Gasteiger partial charge in [-0.15, -0.1) is 12.6 Å². The smallest absolute Gasteiger partial charge is 0.225 e. The topological polar surface area (TPSA) is 32.3 Å². The van der Waals surface area contributed by atoms with Crippen molar-refractivity contribution in [3.8, 4) is 0 Å². The van der Waals surface area contributed by atoms with E-state index in [0.717, 1.165) is 32.0 Å². The summed E-state index contributed by atoms with van der Waals surface area (Å²) in [7, 11) is 0. The van der Waals surface area contributed by atoms with E-state index in [1.54, 1.807) is 12.4 Å². The Morgan fingerprint density at radius 2 is 1.86 bits per heavy atom. The normalized spacial score (nSPS) is 18.3. The minimum atomic E-state index is 0.282. The summed E-state index contributed by atoms with van der Waals surface area (Å²) in [5.74, 6) is 0.783. The molecule has 0 spiro atoms. The monoisotopic (exact) mass is 330 g/mol. The van der Waals surface area contributed by atoms with Gasteiger partial charge in [0.05, 0.1) is 6.04 Å². The molecule has 1 atom stereocenters. The molecule has 0 aliphatic carbocycles. The molecular formula is C16H18N4S2. The van der Waals surface area contributed by atoms with Crippen LogP contribution in [-0.4, -0.2) is 44.9 Å². The fraction of sp³-hybridized carbons (Fsp3) is 0.312. The molecule has 3 rings (SSSR count). The van der Waals surface area contributed by atoms with Crippen LogP contribution in [0.4, 0.5) is 5.95 Å². The first-order valence-electron chi connectivity index (χ1n) is 7.29. The second kappa shape index (κ2) is 7.07. The van der Waals surface area contributed by atoms with E-state index in [1.165, 1.54) is 5.56 Å². The highest BCUT2D eigenvalue weighted by Gasteiger charge is 2.28. The maximum absolute atomic E-state index is 5.30. The molecule has 1 aromatic carbocycles. The van der Waals surface area contributed by atoms with Gasteiger partial charge in [-0.2, -0.15) is 0 Å². The van der Waals surface area contributed by atoms with E-state index in [0.29, 0.717) is 4.32 Å². The Kier molecular flexibility index (Phi) is 4.90. The van der Waals surface area contributed by atoms with Crippen molar-refractivity contribution in [3.05, 3.63) is 54.4 Å². The standard InChI is InChI=1S/C16H18N4S2/c21-16(22)20-10-9-19(15-17-7-4-8-18-15)12-14(20)11-13-5-2-1-3-6-13/h1-8,14H,9-12H2,(H,21,22). The molecule has 1 aliphatic rings. The van der Waals surface area contributed by atoms with Crippen molar-refractivity contribution in [1.29, 1.82) is 0 Å². The lowest BCUT2D eigenvalue weighted by Gasteiger charge is -2.42. The van der Waals surface area contributed by atoms with E-state index in [-0.39, 0.29) is 6.04 Å². The highest BCUT2D eigenvalue weighted by atomic mass is 32.1. The van der Waals surface area contributed by atoms with Gasteiger partial charge in [0.15, 0.2) is 0 Å². The Bertz CT molecular complexity index is 621. The van der Waals surface area contributed by atoms with Crippen LogP contribution in [0.25, 0.3) is 0 Å². The van der Waals surface area contributed by atoms with E-state index in [4.69, 9.17) is 12.2 Å². The number of benzene rings is 1. The molecule has 1 fully saturated rings. The van der Waals surface area contributed by atoms with Gasteiger partial charge in [-0.1, -0.05) is 42.5 Å². The molecule has 2 aromatic rings. The minimum Gasteiger partial charge on any atom is -0.351 e. The first kappa shape index (κ1) is 15.2. The summed E-state index contributed by atoms with van der Waals surface area (Å²) in [5, 5.41) is 0. The molecule has 0 saturated carbocycles. The molecule has 22 heavy (non-hydrogen) atoms. The Labute approximate surface area is 141 Å². The summed E-state index contributed by atoms with van der Waals surface area (Å²) < 4.78 is 0.662. The molecule has 0 N–H and O–H groups in total. The van der Waals surface area contributed by atoms with Crippen molar-refractivity contribution >= 4 is 35.1 Å². The van der Waals surface area contributed by atoms with Crippen LogP contribution < -0.4 is 4.90 Å². The van der Waals surface area contributed by atoms with Crippen molar-refractivity contribution in [3.63, 3.8) is 0 Å². The Hall–Kier alpha value is -1.66. The van der Waals surface area contributed by atoms with E-state index in [9.17, 15) is 0 Å². The molecule has 1 saturated heterocycles. The van der Waals surface area contributed by atoms with Crippen LogP contribution in [0, 0.1) is 0 Å². The molecule has 1 aromatic heterocycles. The summed E-state index contributed by atoms with van der Waals surface area (Å²) in [6, 6.07) is 12.6. The molecule has 4 nitrogen and oxygen atoms in total. The fourth-order valence-electron chi connectivity index (χ4n) is 2.80. The third kappa shape index (κ3) is 3.56. The molecule has 1 aliphatic heterocycles. The van der Waals surface area contributed by atoms with Gasteiger partial charge in [-0.05, 0) is 18.1 Å². The second-order valence-corrected chi connectivity index (χ2v) is 6.43. The number of thiol groups is 1. The SMILES string of the molecule is S=C(S)N1CCN(c2ncccn2)CC1Cc1ccccc1. The molecule has 0 radical (unpaired) electrons. The van der Waals surface area contributed by atoms with Crippen LogP contribution in [0.15, 0.2) is 48.8 Å². The van der Waals surface area contributed by atoms with Gasteiger partial charge in [0.1, 0.15) is 4.32 Å². The molecular weight excluding hydrogens is 312 g/mol. The number of aromatic nitrogens is 2. The lowest BCUT2D eigenvalue weighted by atomic mass is 10.0. The zero-order valence-corrected chi connectivity index (χ0v) is 13.9. The van der Waals surface area contributed by atoms with Crippen LogP contribution in [0.3, 0.4) is 0 Å². The summed E-state index contributed by atoms with van der Waals surface area (Å²) >= 11 is 9.70. The fourth-order valence-corrected chi connectivity index (χ4v) is 3.31. The number of anilines is 1. The first-order chi connectivity index (χ1) is 10.7. The quantitative estimate of drug-likeness (QED) is 0.690. The minimum absolute atomic E-state index is 0.282. The molecule has 6 heteroatoms. The van der Waals surface area contributed by atoms with Crippen LogP contribution in [0.1, 0.15) is 5.56 Å². The van der Waals surface area contributed by atoms with Crippen LogP contribution in [0.2, 0.25) is 0 Å². The van der Waals surface area contributed by atoms with E-state index in [2.05, 4.69) is 56.7 Å². The maximum atomic E-state index is 5.30. The number of piperazine rings is 1. The zero-order valence-electron chi connectivity index (χ0n) is 12.2. The van der Waals surface area contributed by atoms with Crippen molar-refractivity contribution < 1.29 is 0 Å². The van der Waals surface area contributed by atoms with E-state index < -0.39 is 0 Å². The van der Waals surface area contributed by atoms with Gasteiger partial charge in [0, 0.05) is 32.0 Å². The molecule has 0 amide bonds. The molecule has 114 valence electrons. The second-order valence-electron chi connectivity index (χ2n) is 5.31. The largest absolute Gasteiger partial charge is 0.351 e. The van der Waals surface area contributed by atoms with Gasteiger partial charge >= 0.3 is 0 Å². The predicted octanol–water partition coefficient (Wildman–Crippen LogP) is 2.42. The summed E-state index contributed by atoms with van der Waals surface area (Å²) in [4.78, 5) is 13.1. The lowest BCUT2D eigenvalue weighted by molar-refractivity contribution is 0.285. The summed E-state index contributed by atoms with van der Waals surface area (Å²) in [6.45, 7) is 2.55. The van der Waals surface area contributed by atoms with Crippen LogP contribution in [-0.2, 0) is 6.42 Å². The Morgan fingerprint density at radius 1 is 1.14 bits per heavy atom. The number of nitrogens with zero attached hydrogens (tertiary/aromatic N) is 4.